The number of aliphatic hydroxyl groups is 1. The SMILES string of the molecule is COCC(O)CN(C)C(=O)c1cc(N)cnc1C. The van der Waals surface area contributed by atoms with Gasteiger partial charge in [0, 0.05) is 20.7 Å². The highest BCUT2D eigenvalue weighted by molar-refractivity contribution is 5.95. The van der Waals surface area contributed by atoms with Crippen molar-refractivity contribution in [2.45, 2.75) is 13.0 Å². The smallest absolute Gasteiger partial charge is 0.255 e. The molecule has 1 aromatic rings. The van der Waals surface area contributed by atoms with Crippen molar-refractivity contribution in [1.29, 1.82) is 0 Å². The number of methoxy groups -OCH3 is 1. The van der Waals surface area contributed by atoms with Gasteiger partial charge in [-0.15, -0.1) is 0 Å². The Balaban J connectivity index is 2.77. The number of aryl methyl sites for hydroxylation is 1. The number of amides is 1. The van der Waals surface area contributed by atoms with Crippen molar-refractivity contribution >= 4 is 11.6 Å². The topological polar surface area (TPSA) is 88.7 Å². The molecule has 0 aliphatic heterocycles. The zero-order valence-electron chi connectivity index (χ0n) is 10.9. The van der Waals surface area contributed by atoms with Crippen LogP contribution in [0.4, 0.5) is 5.69 Å². The molecule has 100 valence electrons. The van der Waals surface area contributed by atoms with Crippen molar-refractivity contribution < 1.29 is 14.6 Å². The van der Waals surface area contributed by atoms with Gasteiger partial charge < -0.3 is 20.5 Å². The van der Waals surface area contributed by atoms with Crippen molar-refractivity contribution in [2.75, 3.05) is 33.0 Å². The van der Waals surface area contributed by atoms with Gasteiger partial charge in [0.2, 0.25) is 0 Å². The summed E-state index contributed by atoms with van der Waals surface area (Å²) in [7, 11) is 3.11. The van der Waals surface area contributed by atoms with Crippen LogP contribution in [0.15, 0.2) is 12.3 Å². The van der Waals surface area contributed by atoms with Gasteiger partial charge in [-0.3, -0.25) is 9.78 Å². The second-order valence-corrected chi connectivity index (χ2v) is 4.20. The van der Waals surface area contributed by atoms with Crippen LogP contribution in [0, 0.1) is 6.92 Å². The Morgan fingerprint density at radius 2 is 2.33 bits per heavy atom. The molecule has 6 heteroatoms. The molecule has 0 saturated carbocycles. The van der Waals surface area contributed by atoms with Crippen molar-refractivity contribution in [3.05, 3.63) is 23.5 Å². The molecule has 0 saturated heterocycles. The molecule has 0 aliphatic rings. The predicted octanol–water partition coefficient (Wildman–Crippen LogP) is 0.0515. The summed E-state index contributed by atoms with van der Waals surface area (Å²) < 4.78 is 4.81. The number of aromatic nitrogens is 1. The number of nitrogens with two attached hydrogens (primary N) is 1. The summed E-state index contributed by atoms with van der Waals surface area (Å²) in [5.74, 6) is -0.220. The van der Waals surface area contributed by atoms with Gasteiger partial charge in [-0.25, -0.2) is 0 Å². The van der Waals surface area contributed by atoms with Crippen LogP contribution < -0.4 is 5.73 Å². The second kappa shape index (κ2) is 6.32. The normalized spacial score (nSPS) is 12.2. The minimum absolute atomic E-state index is 0.186. The molecule has 1 aromatic heterocycles. The van der Waals surface area contributed by atoms with E-state index in [0.717, 1.165) is 0 Å². The van der Waals surface area contributed by atoms with E-state index in [1.807, 2.05) is 0 Å². The Hall–Kier alpha value is -1.66. The lowest BCUT2D eigenvalue weighted by molar-refractivity contribution is 0.0380. The fraction of sp³-hybridized carbons (Fsp3) is 0.500. The Kier molecular flexibility index (Phi) is 5.06. The third kappa shape index (κ3) is 3.68. The Morgan fingerprint density at radius 1 is 1.67 bits per heavy atom. The Morgan fingerprint density at radius 3 is 2.94 bits per heavy atom. The molecule has 0 bridgehead atoms. The van der Waals surface area contributed by atoms with E-state index in [1.54, 1.807) is 20.0 Å². The van der Waals surface area contributed by atoms with Gasteiger partial charge in [0.05, 0.1) is 35.9 Å². The molecule has 1 atom stereocenters. The lowest BCUT2D eigenvalue weighted by Gasteiger charge is -2.21. The minimum atomic E-state index is -0.710. The standard InChI is InChI=1S/C12H19N3O3/c1-8-11(4-9(13)5-14-8)12(17)15(2)6-10(16)7-18-3/h4-5,10,16H,6-7,13H2,1-3H3. The molecule has 0 aliphatic carbocycles. The zero-order valence-corrected chi connectivity index (χ0v) is 10.9. The molecule has 6 nitrogen and oxygen atoms in total. The number of nitrogens with zero attached hydrogens (tertiary/aromatic N) is 2. The van der Waals surface area contributed by atoms with E-state index in [2.05, 4.69) is 4.98 Å². The summed E-state index contributed by atoms with van der Waals surface area (Å²) in [6.07, 6.45) is 0.796. The van der Waals surface area contributed by atoms with Crippen molar-refractivity contribution in [1.82, 2.24) is 9.88 Å². The average Bonchev–Trinajstić information content (AvgIpc) is 2.31. The zero-order chi connectivity index (χ0) is 13.7. The van der Waals surface area contributed by atoms with Gasteiger partial charge in [-0.05, 0) is 13.0 Å². The molecule has 18 heavy (non-hydrogen) atoms. The number of ether oxygens (including phenoxy) is 1. The summed E-state index contributed by atoms with van der Waals surface area (Å²) in [6.45, 7) is 2.12. The van der Waals surface area contributed by atoms with E-state index >= 15 is 0 Å². The van der Waals surface area contributed by atoms with Crippen LogP contribution in [0.2, 0.25) is 0 Å². The molecule has 1 rings (SSSR count). The number of hydrogen-bond acceptors (Lipinski definition) is 5. The molecule has 0 fully saturated rings. The van der Waals surface area contributed by atoms with Gasteiger partial charge in [-0.1, -0.05) is 0 Å². The summed E-state index contributed by atoms with van der Waals surface area (Å²) >= 11 is 0. The Bertz CT molecular complexity index is 423. The molecule has 3 N–H and O–H groups in total. The first-order chi connectivity index (χ1) is 8.45. The third-order valence-electron chi connectivity index (χ3n) is 2.53. The lowest BCUT2D eigenvalue weighted by atomic mass is 10.1. The molecular formula is C12H19N3O3. The fourth-order valence-corrected chi connectivity index (χ4v) is 1.62. The molecular weight excluding hydrogens is 234 g/mol. The number of rotatable bonds is 5. The number of nitrogen functional groups attached to an aromatic ring is 1. The average molecular weight is 253 g/mol. The van der Waals surface area contributed by atoms with Gasteiger partial charge in [0.15, 0.2) is 0 Å². The first-order valence-electron chi connectivity index (χ1n) is 5.60. The lowest BCUT2D eigenvalue weighted by Crippen LogP contribution is -2.36. The van der Waals surface area contributed by atoms with E-state index in [0.29, 0.717) is 16.9 Å². The molecule has 1 heterocycles. The highest BCUT2D eigenvalue weighted by Gasteiger charge is 2.17. The summed E-state index contributed by atoms with van der Waals surface area (Å²) in [6, 6.07) is 1.59. The van der Waals surface area contributed by atoms with Crippen LogP contribution in [-0.2, 0) is 4.74 Å². The van der Waals surface area contributed by atoms with Crippen LogP contribution >= 0.6 is 0 Å². The molecule has 0 radical (unpaired) electrons. The molecule has 1 amide bonds. The third-order valence-corrected chi connectivity index (χ3v) is 2.53. The largest absolute Gasteiger partial charge is 0.397 e. The number of anilines is 1. The number of hydrogen-bond donors (Lipinski definition) is 2. The summed E-state index contributed by atoms with van der Waals surface area (Å²) in [5.41, 5.74) is 7.11. The maximum absolute atomic E-state index is 12.1. The number of likely N-dealkylation sites (N-methyl/N-ethyl adjacent to an activating group) is 1. The van der Waals surface area contributed by atoms with Gasteiger partial charge in [-0.2, -0.15) is 0 Å². The quantitative estimate of drug-likeness (QED) is 0.774. The maximum atomic E-state index is 12.1. The van der Waals surface area contributed by atoms with Crippen LogP contribution in [-0.4, -0.2) is 54.3 Å². The van der Waals surface area contributed by atoms with Gasteiger partial charge in [0.1, 0.15) is 0 Å². The molecule has 0 spiro atoms. The van der Waals surface area contributed by atoms with E-state index in [9.17, 15) is 9.90 Å². The van der Waals surface area contributed by atoms with Crippen molar-refractivity contribution in [3.63, 3.8) is 0 Å². The number of carbonyl (C=O) groups is 1. The van der Waals surface area contributed by atoms with Crippen LogP contribution in [0.3, 0.4) is 0 Å². The maximum Gasteiger partial charge on any atom is 0.255 e. The van der Waals surface area contributed by atoms with E-state index in [1.165, 1.54) is 18.2 Å². The van der Waals surface area contributed by atoms with E-state index in [-0.39, 0.29) is 19.1 Å². The van der Waals surface area contributed by atoms with Gasteiger partial charge >= 0.3 is 0 Å². The van der Waals surface area contributed by atoms with Crippen LogP contribution in [0.1, 0.15) is 16.1 Å². The van der Waals surface area contributed by atoms with E-state index < -0.39 is 6.10 Å². The number of pyridine rings is 1. The number of aliphatic hydroxyl groups excluding tert-OH is 1. The van der Waals surface area contributed by atoms with Crippen molar-refractivity contribution in [2.24, 2.45) is 0 Å². The van der Waals surface area contributed by atoms with Gasteiger partial charge in [0.25, 0.3) is 5.91 Å². The fourth-order valence-electron chi connectivity index (χ4n) is 1.62. The predicted molar refractivity (Wildman–Crippen MR) is 68.2 cm³/mol. The first-order valence-corrected chi connectivity index (χ1v) is 5.60. The molecule has 0 aromatic carbocycles. The number of carbonyl (C=O) groups excluding carboxylic acids is 1. The first kappa shape index (κ1) is 14.4. The highest BCUT2D eigenvalue weighted by Crippen LogP contribution is 2.12. The second-order valence-electron chi connectivity index (χ2n) is 4.20. The summed E-state index contributed by atoms with van der Waals surface area (Å²) in [4.78, 5) is 17.6. The van der Waals surface area contributed by atoms with Crippen LogP contribution in [0.25, 0.3) is 0 Å². The molecule has 1 unspecified atom stereocenters. The van der Waals surface area contributed by atoms with E-state index in [4.69, 9.17) is 10.5 Å². The van der Waals surface area contributed by atoms with Crippen molar-refractivity contribution in [3.8, 4) is 0 Å². The van der Waals surface area contributed by atoms with Crippen LogP contribution in [0.5, 0.6) is 0 Å². The Labute approximate surface area is 106 Å². The minimum Gasteiger partial charge on any atom is -0.397 e. The summed E-state index contributed by atoms with van der Waals surface area (Å²) in [5, 5.41) is 9.58. The highest BCUT2D eigenvalue weighted by atomic mass is 16.5. The monoisotopic (exact) mass is 253 g/mol.